The second-order valence-electron chi connectivity index (χ2n) is 6.91. The van der Waals surface area contributed by atoms with Crippen molar-refractivity contribution in [3.8, 4) is 11.4 Å². The zero-order valence-electron chi connectivity index (χ0n) is 19.0. The normalized spacial score (nSPS) is 10.7. The summed E-state index contributed by atoms with van der Waals surface area (Å²) in [5.41, 5.74) is 1.36. The lowest BCUT2D eigenvalue weighted by molar-refractivity contribution is -0.113. The monoisotopic (exact) mass is 522 g/mol. The molecule has 12 heteroatoms. The molecule has 1 aromatic carbocycles. The van der Waals surface area contributed by atoms with E-state index < -0.39 is 11.9 Å². The van der Waals surface area contributed by atoms with Crippen LogP contribution in [0.15, 0.2) is 29.4 Å². The number of esters is 2. The van der Waals surface area contributed by atoms with Crippen LogP contribution in [-0.4, -0.2) is 51.6 Å². The number of ether oxygens (including phenoxy) is 2. The molecule has 1 N–H and O–H groups in total. The van der Waals surface area contributed by atoms with E-state index in [9.17, 15) is 14.4 Å². The summed E-state index contributed by atoms with van der Waals surface area (Å²) < 4.78 is 11.9. The molecule has 0 spiro atoms. The average Bonchev–Trinajstić information content (AvgIpc) is 3.32. The minimum absolute atomic E-state index is 0.00940. The summed E-state index contributed by atoms with van der Waals surface area (Å²) in [7, 11) is 1.80. The van der Waals surface area contributed by atoms with E-state index in [1.165, 1.54) is 11.8 Å². The fourth-order valence-electron chi connectivity index (χ4n) is 3.05. The predicted octanol–water partition coefficient (Wildman–Crippen LogP) is 4.59. The number of nitrogens with one attached hydrogen (secondary N) is 1. The standard InChI is InChI=1S/C22H23ClN4O5S2/c1-5-31-20(29)16-12(3)17(21(30)32-6-2)34-19(16)24-15(28)11-33-22-26-25-18(27(22)4)13-8-7-9-14(23)10-13/h7-10H,5-6,11H2,1-4H3,(H,24,28). The van der Waals surface area contributed by atoms with Crippen LogP contribution in [0.2, 0.25) is 5.02 Å². The number of carbonyl (C=O) groups excluding carboxylic acids is 3. The second kappa shape index (κ2) is 11.5. The van der Waals surface area contributed by atoms with E-state index in [-0.39, 0.29) is 40.3 Å². The van der Waals surface area contributed by atoms with Gasteiger partial charge in [0.15, 0.2) is 11.0 Å². The van der Waals surface area contributed by atoms with Gasteiger partial charge in [0.1, 0.15) is 9.88 Å². The van der Waals surface area contributed by atoms with Crippen molar-refractivity contribution in [3.05, 3.63) is 45.3 Å². The van der Waals surface area contributed by atoms with Crippen molar-refractivity contribution in [1.82, 2.24) is 14.8 Å². The molecular formula is C22H23ClN4O5S2. The number of rotatable bonds is 9. The highest BCUT2D eigenvalue weighted by molar-refractivity contribution is 7.99. The third-order valence-electron chi connectivity index (χ3n) is 4.59. The number of aromatic nitrogens is 3. The Morgan fingerprint density at radius 2 is 1.85 bits per heavy atom. The maximum absolute atomic E-state index is 12.7. The Hall–Kier alpha value is -2.89. The zero-order valence-corrected chi connectivity index (χ0v) is 21.4. The molecular weight excluding hydrogens is 500 g/mol. The fourth-order valence-corrected chi connectivity index (χ4v) is 5.06. The average molecular weight is 523 g/mol. The third kappa shape index (κ3) is 5.78. The van der Waals surface area contributed by atoms with Crippen molar-refractivity contribution in [1.29, 1.82) is 0 Å². The highest BCUT2D eigenvalue weighted by atomic mass is 35.5. The number of nitrogens with zero attached hydrogens (tertiary/aromatic N) is 3. The van der Waals surface area contributed by atoms with Gasteiger partial charge in [0.05, 0.1) is 24.5 Å². The van der Waals surface area contributed by atoms with Crippen LogP contribution in [0.25, 0.3) is 11.4 Å². The number of benzene rings is 1. The number of thioether (sulfide) groups is 1. The Morgan fingerprint density at radius 1 is 1.15 bits per heavy atom. The second-order valence-corrected chi connectivity index (χ2v) is 9.31. The Balaban J connectivity index is 1.75. The minimum atomic E-state index is -0.616. The first-order chi connectivity index (χ1) is 16.3. The van der Waals surface area contributed by atoms with Gasteiger partial charge in [-0.05, 0) is 38.5 Å². The van der Waals surface area contributed by atoms with Gasteiger partial charge in [-0.2, -0.15) is 0 Å². The van der Waals surface area contributed by atoms with Gasteiger partial charge in [0.25, 0.3) is 0 Å². The van der Waals surface area contributed by atoms with Gasteiger partial charge < -0.3 is 19.4 Å². The van der Waals surface area contributed by atoms with Crippen molar-refractivity contribution < 1.29 is 23.9 Å². The van der Waals surface area contributed by atoms with E-state index in [0.717, 1.165) is 16.9 Å². The summed E-state index contributed by atoms with van der Waals surface area (Å²) in [5.74, 6) is -0.926. The first-order valence-corrected chi connectivity index (χ1v) is 12.5. The number of hydrogen-bond acceptors (Lipinski definition) is 9. The predicted molar refractivity (Wildman–Crippen MR) is 132 cm³/mol. The highest BCUT2D eigenvalue weighted by Crippen LogP contribution is 2.34. The maximum atomic E-state index is 12.7. The molecule has 0 aliphatic carbocycles. The Labute approximate surface area is 209 Å². The summed E-state index contributed by atoms with van der Waals surface area (Å²) >= 11 is 8.23. The smallest absolute Gasteiger partial charge is 0.348 e. The lowest BCUT2D eigenvalue weighted by atomic mass is 10.1. The van der Waals surface area contributed by atoms with Gasteiger partial charge >= 0.3 is 11.9 Å². The zero-order chi connectivity index (χ0) is 24.8. The largest absolute Gasteiger partial charge is 0.462 e. The Bertz CT molecular complexity index is 1220. The van der Waals surface area contributed by atoms with Gasteiger partial charge in [-0.1, -0.05) is 35.5 Å². The van der Waals surface area contributed by atoms with Gasteiger partial charge in [0, 0.05) is 17.6 Å². The number of halogens is 1. The van der Waals surface area contributed by atoms with Gasteiger partial charge in [-0.3, -0.25) is 4.79 Å². The molecule has 0 saturated carbocycles. The molecule has 180 valence electrons. The number of carbonyl (C=O) groups is 3. The maximum Gasteiger partial charge on any atom is 0.348 e. The van der Waals surface area contributed by atoms with Crippen LogP contribution in [0.4, 0.5) is 5.00 Å². The van der Waals surface area contributed by atoms with Crippen LogP contribution in [0.5, 0.6) is 0 Å². The molecule has 3 aromatic rings. The van der Waals surface area contributed by atoms with Crippen molar-refractivity contribution in [2.45, 2.75) is 25.9 Å². The Kier molecular flexibility index (Phi) is 8.70. The molecule has 0 atom stereocenters. The van der Waals surface area contributed by atoms with Crippen LogP contribution in [0, 0.1) is 6.92 Å². The van der Waals surface area contributed by atoms with Crippen molar-refractivity contribution in [3.63, 3.8) is 0 Å². The fraction of sp³-hybridized carbons (Fsp3) is 0.318. The molecule has 34 heavy (non-hydrogen) atoms. The molecule has 0 fully saturated rings. The van der Waals surface area contributed by atoms with E-state index in [1.54, 1.807) is 44.5 Å². The van der Waals surface area contributed by atoms with Crippen LogP contribution >= 0.6 is 34.7 Å². The van der Waals surface area contributed by atoms with E-state index in [0.29, 0.717) is 21.6 Å². The van der Waals surface area contributed by atoms with Crippen molar-refractivity contribution in [2.75, 3.05) is 24.3 Å². The number of amides is 1. The lowest BCUT2D eigenvalue weighted by Gasteiger charge is -2.07. The molecule has 0 radical (unpaired) electrons. The summed E-state index contributed by atoms with van der Waals surface area (Å²) in [6.07, 6.45) is 0. The van der Waals surface area contributed by atoms with Gasteiger partial charge in [0.2, 0.25) is 5.91 Å². The number of thiophene rings is 1. The molecule has 3 rings (SSSR count). The first kappa shape index (κ1) is 25.7. The van der Waals surface area contributed by atoms with Gasteiger partial charge in [-0.25, -0.2) is 9.59 Å². The number of hydrogen-bond donors (Lipinski definition) is 1. The molecule has 9 nitrogen and oxygen atoms in total. The molecule has 2 aromatic heterocycles. The summed E-state index contributed by atoms with van der Waals surface area (Å²) in [6.45, 7) is 5.35. The van der Waals surface area contributed by atoms with E-state index in [1.807, 2.05) is 12.1 Å². The van der Waals surface area contributed by atoms with Crippen molar-refractivity contribution >= 4 is 57.5 Å². The van der Waals surface area contributed by atoms with E-state index in [4.69, 9.17) is 21.1 Å². The lowest BCUT2D eigenvalue weighted by Crippen LogP contribution is -2.16. The molecule has 2 heterocycles. The Morgan fingerprint density at radius 3 is 2.53 bits per heavy atom. The molecule has 0 bridgehead atoms. The van der Waals surface area contributed by atoms with E-state index in [2.05, 4.69) is 15.5 Å². The van der Waals surface area contributed by atoms with Crippen LogP contribution in [0.1, 0.15) is 39.4 Å². The molecule has 0 unspecified atom stereocenters. The first-order valence-electron chi connectivity index (χ1n) is 10.3. The van der Waals surface area contributed by atoms with Crippen LogP contribution in [0.3, 0.4) is 0 Å². The molecule has 0 saturated heterocycles. The topological polar surface area (TPSA) is 112 Å². The minimum Gasteiger partial charge on any atom is -0.462 e. The highest BCUT2D eigenvalue weighted by Gasteiger charge is 2.27. The SMILES string of the molecule is CCOC(=O)c1sc(NC(=O)CSc2nnc(-c3cccc(Cl)c3)n2C)c(C(=O)OCC)c1C. The summed E-state index contributed by atoms with van der Waals surface area (Å²) in [5, 5.41) is 12.4. The van der Waals surface area contributed by atoms with Crippen LogP contribution in [-0.2, 0) is 21.3 Å². The summed E-state index contributed by atoms with van der Waals surface area (Å²) in [6, 6.07) is 7.24. The summed E-state index contributed by atoms with van der Waals surface area (Å²) in [4.78, 5) is 37.7. The van der Waals surface area contributed by atoms with Crippen LogP contribution < -0.4 is 5.32 Å². The van der Waals surface area contributed by atoms with Gasteiger partial charge in [-0.15, -0.1) is 21.5 Å². The quantitative estimate of drug-likeness (QED) is 0.321. The van der Waals surface area contributed by atoms with E-state index >= 15 is 0 Å². The number of anilines is 1. The molecule has 1 amide bonds. The van der Waals surface area contributed by atoms with Crippen molar-refractivity contribution in [2.24, 2.45) is 7.05 Å². The molecule has 0 aliphatic rings. The molecule has 0 aliphatic heterocycles. The third-order valence-corrected chi connectivity index (χ3v) is 7.03.